The van der Waals surface area contributed by atoms with E-state index in [4.69, 9.17) is 4.52 Å². The van der Waals surface area contributed by atoms with Crippen LogP contribution in [0.5, 0.6) is 0 Å². The highest BCUT2D eigenvalue weighted by Gasteiger charge is 2.35. The lowest BCUT2D eigenvalue weighted by molar-refractivity contribution is -0.137. The molecular weight excluding hydrogens is 395 g/mol. The minimum Gasteiger partial charge on any atom is -0.341 e. The van der Waals surface area contributed by atoms with E-state index >= 15 is 0 Å². The molecule has 1 aromatic heterocycles. The number of hydrogen-bond acceptors (Lipinski definition) is 4. The Labute approximate surface area is 171 Å². The number of amides is 1. The second kappa shape index (κ2) is 7.93. The van der Waals surface area contributed by atoms with Crippen LogP contribution in [0.4, 0.5) is 13.2 Å². The number of likely N-dealkylation sites (tertiary alicyclic amines) is 1. The van der Waals surface area contributed by atoms with Gasteiger partial charge >= 0.3 is 6.18 Å². The van der Waals surface area contributed by atoms with E-state index in [0.29, 0.717) is 24.5 Å². The molecule has 0 bridgehead atoms. The number of rotatable bonds is 5. The molecule has 8 heteroatoms. The Morgan fingerprint density at radius 2 is 1.83 bits per heavy atom. The van der Waals surface area contributed by atoms with Gasteiger partial charge in [-0.1, -0.05) is 54.5 Å². The summed E-state index contributed by atoms with van der Waals surface area (Å²) in [5.41, 5.74) is 0.854. The summed E-state index contributed by atoms with van der Waals surface area (Å²) in [7, 11) is 0. The van der Waals surface area contributed by atoms with Crippen LogP contribution in [0.15, 0.2) is 59.1 Å². The van der Waals surface area contributed by atoms with Crippen LogP contribution in [0, 0.1) is 0 Å². The van der Waals surface area contributed by atoms with Crippen LogP contribution in [0.1, 0.15) is 42.2 Å². The molecule has 1 aliphatic heterocycles. The van der Waals surface area contributed by atoms with E-state index in [2.05, 4.69) is 17.1 Å². The molecule has 1 amide bonds. The quantitative estimate of drug-likeness (QED) is 0.596. The van der Waals surface area contributed by atoms with E-state index in [1.54, 1.807) is 4.90 Å². The summed E-state index contributed by atoms with van der Waals surface area (Å²) in [6.45, 7) is 3.15. The van der Waals surface area contributed by atoms with Crippen molar-refractivity contribution in [2.24, 2.45) is 0 Å². The Morgan fingerprint density at radius 3 is 2.50 bits per heavy atom. The van der Waals surface area contributed by atoms with Crippen molar-refractivity contribution in [3.05, 3.63) is 71.6 Å². The maximum atomic E-state index is 12.7. The molecule has 2 unspecified atom stereocenters. The highest BCUT2D eigenvalue weighted by atomic mass is 19.4. The Kier molecular flexibility index (Phi) is 5.32. The van der Waals surface area contributed by atoms with Gasteiger partial charge in [-0.2, -0.15) is 18.2 Å². The Hall–Kier alpha value is -3.16. The Balaban J connectivity index is 1.43. The number of carbonyl (C=O) groups is 1. The number of halogens is 3. The first-order chi connectivity index (χ1) is 14.3. The molecule has 2 aromatic carbocycles. The minimum absolute atomic E-state index is 0.0251. The molecule has 1 saturated heterocycles. The van der Waals surface area contributed by atoms with Crippen molar-refractivity contribution in [3.63, 3.8) is 0 Å². The highest BCUT2D eigenvalue weighted by molar-refractivity contribution is 5.79. The zero-order valence-electron chi connectivity index (χ0n) is 16.3. The van der Waals surface area contributed by atoms with Gasteiger partial charge in [0, 0.05) is 25.1 Å². The maximum Gasteiger partial charge on any atom is 0.416 e. The molecule has 2 heterocycles. The Bertz CT molecular complexity index is 1020. The molecule has 4 rings (SSSR count). The number of hydrogen-bond donors (Lipinski definition) is 0. The summed E-state index contributed by atoms with van der Waals surface area (Å²) < 4.78 is 43.5. The molecule has 0 radical (unpaired) electrons. The van der Waals surface area contributed by atoms with E-state index in [0.717, 1.165) is 17.7 Å². The van der Waals surface area contributed by atoms with Crippen molar-refractivity contribution < 1.29 is 22.5 Å². The first kappa shape index (κ1) is 20.1. The molecule has 0 saturated carbocycles. The van der Waals surface area contributed by atoms with Gasteiger partial charge < -0.3 is 9.42 Å². The summed E-state index contributed by atoms with van der Waals surface area (Å²) >= 11 is 0. The van der Waals surface area contributed by atoms with Crippen molar-refractivity contribution in [2.75, 3.05) is 13.1 Å². The van der Waals surface area contributed by atoms with Crippen molar-refractivity contribution in [2.45, 2.75) is 31.4 Å². The van der Waals surface area contributed by atoms with Crippen LogP contribution in [0.25, 0.3) is 11.4 Å². The topological polar surface area (TPSA) is 59.2 Å². The van der Waals surface area contributed by atoms with Crippen molar-refractivity contribution >= 4 is 5.91 Å². The molecular formula is C22H20F3N3O2. The van der Waals surface area contributed by atoms with Crippen molar-refractivity contribution in [1.29, 1.82) is 0 Å². The summed E-state index contributed by atoms with van der Waals surface area (Å²) in [5.74, 6) is 0.530. The molecule has 2 atom stereocenters. The molecule has 0 aliphatic carbocycles. The molecule has 3 aromatic rings. The van der Waals surface area contributed by atoms with Gasteiger partial charge in [0.1, 0.15) is 0 Å². The third-order valence-electron chi connectivity index (χ3n) is 5.34. The first-order valence-electron chi connectivity index (χ1n) is 9.65. The van der Waals surface area contributed by atoms with Crippen LogP contribution < -0.4 is 0 Å². The summed E-state index contributed by atoms with van der Waals surface area (Å²) in [6, 6.07) is 14.6. The molecule has 5 nitrogen and oxygen atoms in total. The average molecular weight is 415 g/mol. The van der Waals surface area contributed by atoms with Gasteiger partial charge in [-0.05, 0) is 23.6 Å². The van der Waals surface area contributed by atoms with Crippen LogP contribution in [0.2, 0.25) is 0 Å². The van der Waals surface area contributed by atoms with Crippen LogP contribution in [0.3, 0.4) is 0 Å². The van der Waals surface area contributed by atoms with Gasteiger partial charge in [0.05, 0.1) is 11.5 Å². The number of nitrogens with zero attached hydrogens (tertiary/aromatic N) is 3. The fourth-order valence-electron chi connectivity index (χ4n) is 3.66. The standard InChI is InChI=1S/C22H20F3N3O2/c1-14(15-5-3-2-4-6-15)12-28-13-17(11-19(28)29)21-26-20(27-30-21)16-7-9-18(10-8-16)22(23,24)25/h2-10,14,17H,11-13H2,1H3. The van der Waals surface area contributed by atoms with Crippen molar-refractivity contribution in [1.82, 2.24) is 15.0 Å². The molecule has 1 fully saturated rings. The zero-order valence-corrected chi connectivity index (χ0v) is 16.3. The summed E-state index contributed by atoms with van der Waals surface area (Å²) in [6.07, 6.45) is -4.12. The lowest BCUT2D eigenvalue weighted by atomic mass is 10.0. The van der Waals surface area contributed by atoms with E-state index in [9.17, 15) is 18.0 Å². The maximum absolute atomic E-state index is 12.7. The normalized spacial score (nSPS) is 18.1. The van der Waals surface area contributed by atoms with Gasteiger partial charge in [0.25, 0.3) is 0 Å². The van der Waals surface area contributed by atoms with E-state index in [1.165, 1.54) is 12.1 Å². The van der Waals surface area contributed by atoms with Gasteiger partial charge in [-0.15, -0.1) is 0 Å². The third kappa shape index (κ3) is 4.22. The highest BCUT2D eigenvalue weighted by Crippen LogP contribution is 2.32. The summed E-state index contributed by atoms with van der Waals surface area (Å²) in [5, 5.41) is 3.88. The largest absolute Gasteiger partial charge is 0.416 e. The third-order valence-corrected chi connectivity index (χ3v) is 5.34. The first-order valence-corrected chi connectivity index (χ1v) is 9.65. The van der Waals surface area contributed by atoms with Gasteiger partial charge in [-0.25, -0.2) is 0 Å². The lowest BCUT2D eigenvalue weighted by Gasteiger charge is -2.21. The van der Waals surface area contributed by atoms with Crippen LogP contribution >= 0.6 is 0 Å². The SMILES string of the molecule is CC(CN1CC(c2nc(-c3ccc(C(F)(F)F)cc3)no2)CC1=O)c1ccccc1. The molecule has 30 heavy (non-hydrogen) atoms. The second-order valence-corrected chi connectivity index (χ2v) is 7.54. The second-order valence-electron chi connectivity index (χ2n) is 7.54. The number of aromatic nitrogens is 2. The monoisotopic (exact) mass is 415 g/mol. The predicted octanol–water partition coefficient (Wildman–Crippen LogP) is 4.88. The van der Waals surface area contributed by atoms with Gasteiger partial charge in [0.2, 0.25) is 17.6 Å². The van der Waals surface area contributed by atoms with Crippen molar-refractivity contribution in [3.8, 4) is 11.4 Å². The van der Waals surface area contributed by atoms with E-state index in [1.807, 2.05) is 30.3 Å². The van der Waals surface area contributed by atoms with Gasteiger partial charge in [0.15, 0.2) is 0 Å². The summed E-state index contributed by atoms with van der Waals surface area (Å²) in [4.78, 5) is 18.6. The van der Waals surface area contributed by atoms with Crippen LogP contribution in [-0.2, 0) is 11.0 Å². The van der Waals surface area contributed by atoms with E-state index < -0.39 is 11.7 Å². The predicted molar refractivity (Wildman–Crippen MR) is 104 cm³/mol. The average Bonchev–Trinajstić information content (AvgIpc) is 3.35. The fourth-order valence-corrected chi connectivity index (χ4v) is 3.66. The Morgan fingerprint density at radius 1 is 1.13 bits per heavy atom. The minimum atomic E-state index is -4.40. The smallest absolute Gasteiger partial charge is 0.341 e. The molecule has 0 spiro atoms. The van der Waals surface area contributed by atoms with Crippen LogP contribution in [-0.4, -0.2) is 34.0 Å². The number of carbonyl (C=O) groups excluding carboxylic acids is 1. The molecule has 156 valence electrons. The number of alkyl halides is 3. The van der Waals surface area contributed by atoms with E-state index in [-0.39, 0.29) is 30.0 Å². The fraction of sp³-hybridized carbons (Fsp3) is 0.318. The molecule has 1 aliphatic rings. The lowest BCUT2D eigenvalue weighted by Crippen LogP contribution is -2.29. The molecule has 0 N–H and O–H groups in total. The zero-order chi connectivity index (χ0) is 21.3. The number of benzene rings is 2. The van der Waals surface area contributed by atoms with Gasteiger partial charge in [-0.3, -0.25) is 4.79 Å².